The van der Waals surface area contributed by atoms with Crippen LogP contribution in [-0.4, -0.2) is 50.8 Å². The van der Waals surface area contributed by atoms with Crippen LogP contribution in [0.2, 0.25) is 0 Å². The number of nitrogens with zero attached hydrogens (tertiary/aromatic N) is 2. The van der Waals surface area contributed by atoms with Gasteiger partial charge in [0.15, 0.2) is 0 Å². The second-order valence-corrected chi connectivity index (χ2v) is 7.66. The molecule has 5 nitrogen and oxygen atoms in total. The van der Waals surface area contributed by atoms with Crippen molar-refractivity contribution in [2.75, 3.05) is 32.1 Å². The second kappa shape index (κ2) is 10.9. The number of carbonyl (C=O) groups excluding carboxylic acids is 1. The Bertz CT molecular complexity index is 879. The molecule has 31 heavy (non-hydrogen) atoms. The van der Waals surface area contributed by atoms with Crippen molar-refractivity contribution in [2.24, 2.45) is 0 Å². The van der Waals surface area contributed by atoms with Crippen molar-refractivity contribution in [2.45, 2.75) is 32.1 Å². The van der Waals surface area contributed by atoms with Crippen LogP contribution in [0.3, 0.4) is 0 Å². The smallest absolute Gasteiger partial charge is 0.387 e. The maximum Gasteiger partial charge on any atom is 0.387 e. The lowest BCUT2D eigenvalue weighted by Crippen LogP contribution is -2.35. The lowest BCUT2D eigenvalue weighted by atomic mass is 10.1. The van der Waals surface area contributed by atoms with Gasteiger partial charge in [-0.3, -0.25) is 4.79 Å². The monoisotopic (exact) mass is 430 g/mol. The third kappa shape index (κ3) is 6.79. The summed E-state index contributed by atoms with van der Waals surface area (Å²) in [5.41, 5.74) is 2.51. The standard InChI is InChI=1S/C24H28F2N2O3/c1-27(2)20-12-9-18(10-13-20)16-28(17-21-7-5-15-30-21)23(29)14-11-19-6-3-4-8-22(19)31-24(25)26/h3-4,6,8-14,21,24H,5,7,15-17H2,1-2H3/b14-11+. The van der Waals surface area contributed by atoms with Crippen LogP contribution < -0.4 is 9.64 Å². The minimum Gasteiger partial charge on any atom is -0.434 e. The highest BCUT2D eigenvalue weighted by Crippen LogP contribution is 2.22. The highest BCUT2D eigenvalue weighted by atomic mass is 19.3. The molecule has 1 aliphatic rings. The van der Waals surface area contributed by atoms with Crippen molar-refractivity contribution in [3.63, 3.8) is 0 Å². The molecule has 0 aliphatic carbocycles. The highest BCUT2D eigenvalue weighted by Gasteiger charge is 2.22. The van der Waals surface area contributed by atoms with E-state index in [0.29, 0.717) is 25.3 Å². The van der Waals surface area contributed by atoms with E-state index in [2.05, 4.69) is 4.74 Å². The fourth-order valence-electron chi connectivity index (χ4n) is 3.47. The minimum absolute atomic E-state index is 0.00727. The summed E-state index contributed by atoms with van der Waals surface area (Å²) < 4.78 is 35.5. The first-order valence-electron chi connectivity index (χ1n) is 10.3. The number of carbonyl (C=O) groups is 1. The first-order valence-corrected chi connectivity index (χ1v) is 10.3. The SMILES string of the molecule is CN(C)c1ccc(CN(CC2CCCO2)C(=O)/C=C/c2ccccc2OC(F)F)cc1. The summed E-state index contributed by atoms with van der Waals surface area (Å²) in [6.45, 7) is -1.30. The molecule has 2 aromatic carbocycles. The summed E-state index contributed by atoms with van der Waals surface area (Å²) in [5, 5.41) is 0. The van der Waals surface area contributed by atoms with Crippen LogP contribution in [-0.2, 0) is 16.1 Å². The predicted octanol–water partition coefficient (Wildman–Crippen LogP) is 4.58. The molecule has 1 unspecified atom stereocenters. The van der Waals surface area contributed by atoms with Crippen LogP contribution in [0.4, 0.5) is 14.5 Å². The average molecular weight is 430 g/mol. The van der Waals surface area contributed by atoms with Crippen LogP contribution in [0.5, 0.6) is 5.75 Å². The van der Waals surface area contributed by atoms with Gasteiger partial charge < -0.3 is 19.3 Å². The number of amides is 1. The van der Waals surface area contributed by atoms with Crippen molar-refractivity contribution in [1.82, 2.24) is 4.90 Å². The van der Waals surface area contributed by atoms with Crippen LogP contribution in [0.25, 0.3) is 6.08 Å². The molecule has 1 saturated heterocycles. The molecular weight excluding hydrogens is 402 g/mol. The summed E-state index contributed by atoms with van der Waals surface area (Å²) in [6.07, 6.45) is 4.82. The molecule has 1 atom stereocenters. The van der Waals surface area contributed by atoms with Gasteiger partial charge in [-0.1, -0.05) is 30.3 Å². The highest BCUT2D eigenvalue weighted by molar-refractivity contribution is 5.92. The van der Waals surface area contributed by atoms with E-state index in [-0.39, 0.29) is 17.8 Å². The molecule has 1 heterocycles. The normalized spacial score (nSPS) is 16.1. The van der Waals surface area contributed by atoms with Gasteiger partial charge in [0.1, 0.15) is 5.75 Å². The molecular formula is C24H28F2N2O3. The van der Waals surface area contributed by atoms with E-state index in [1.165, 1.54) is 18.2 Å². The van der Waals surface area contributed by atoms with E-state index in [0.717, 1.165) is 24.1 Å². The third-order valence-electron chi connectivity index (χ3n) is 5.13. The number of benzene rings is 2. The molecule has 0 N–H and O–H groups in total. The van der Waals surface area contributed by atoms with Crippen molar-refractivity contribution in [3.8, 4) is 5.75 Å². The number of alkyl halides is 2. The molecule has 0 spiro atoms. The number of anilines is 1. The zero-order chi connectivity index (χ0) is 22.2. The topological polar surface area (TPSA) is 42.0 Å². The van der Waals surface area contributed by atoms with Crippen LogP contribution in [0.1, 0.15) is 24.0 Å². The number of ether oxygens (including phenoxy) is 2. The van der Waals surface area contributed by atoms with E-state index in [9.17, 15) is 13.6 Å². The largest absolute Gasteiger partial charge is 0.434 e. The summed E-state index contributed by atoms with van der Waals surface area (Å²) in [5.74, 6) is -0.175. The zero-order valence-electron chi connectivity index (χ0n) is 17.8. The molecule has 7 heteroatoms. The lowest BCUT2D eigenvalue weighted by molar-refractivity contribution is -0.128. The molecule has 0 radical (unpaired) electrons. The Morgan fingerprint density at radius 2 is 1.94 bits per heavy atom. The van der Waals surface area contributed by atoms with Crippen molar-refractivity contribution < 1.29 is 23.0 Å². The van der Waals surface area contributed by atoms with E-state index in [4.69, 9.17) is 4.74 Å². The number of rotatable bonds is 9. The van der Waals surface area contributed by atoms with Crippen molar-refractivity contribution in [1.29, 1.82) is 0 Å². The third-order valence-corrected chi connectivity index (χ3v) is 5.13. The molecule has 0 aromatic heterocycles. The van der Waals surface area contributed by atoms with Gasteiger partial charge in [0.05, 0.1) is 6.10 Å². The molecule has 1 amide bonds. The number of hydrogen-bond acceptors (Lipinski definition) is 4. The molecule has 166 valence electrons. The molecule has 2 aromatic rings. The lowest BCUT2D eigenvalue weighted by Gasteiger charge is -2.25. The molecule has 1 fully saturated rings. The summed E-state index contributed by atoms with van der Waals surface area (Å²) in [7, 11) is 3.95. The van der Waals surface area contributed by atoms with Gasteiger partial charge in [0, 0.05) is 51.1 Å². The summed E-state index contributed by atoms with van der Waals surface area (Å²) >= 11 is 0. The van der Waals surface area contributed by atoms with Crippen LogP contribution in [0, 0.1) is 0 Å². The van der Waals surface area contributed by atoms with E-state index < -0.39 is 6.61 Å². The van der Waals surface area contributed by atoms with Crippen LogP contribution >= 0.6 is 0 Å². The van der Waals surface area contributed by atoms with Gasteiger partial charge in [0.2, 0.25) is 5.91 Å². The molecule has 0 saturated carbocycles. The maximum atomic E-state index is 13.0. The van der Waals surface area contributed by atoms with Crippen LogP contribution in [0.15, 0.2) is 54.6 Å². The van der Waals surface area contributed by atoms with E-state index in [1.54, 1.807) is 23.1 Å². The average Bonchev–Trinajstić information content (AvgIpc) is 3.25. The molecule has 0 bridgehead atoms. The maximum absolute atomic E-state index is 13.0. The number of halogens is 2. The Kier molecular flexibility index (Phi) is 8.00. The van der Waals surface area contributed by atoms with Crippen molar-refractivity contribution >= 4 is 17.7 Å². The fourth-order valence-corrected chi connectivity index (χ4v) is 3.47. The van der Waals surface area contributed by atoms with Gasteiger partial charge in [0.25, 0.3) is 0 Å². The van der Waals surface area contributed by atoms with Gasteiger partial charge in [-0.25, -0.2) is 0 Å². The Hall–Kier alpha value is -2.93. The first kappa shape index (κ1) is 22.7. The Labute approximate surface area is 181 Å². The summed E-state index contributed by atoms with van der Waals surface area (Å²) in [4.78, 5) is 16.7. The van der Waals surface area contributed by atoms with Gasteiger partial charge in [-0.2, -0.15) is 8.78 Å². The fraction of sp³-hybridized carbons (Fsp3) is 0.375. The Morgan fingerprint density at radius 1 is 1.19 bits per heavy atom. The summed E-state index contributed by atoms with van der Waals surface area (Å²) in [6, 6.07) is 14.4. The minimum atomic E-state index is -2.92. The van der Waals surface area contributed by atoms with Gasteiger partial charge in [-0.05, 0) is 42.7 Å². The second-order valence-electron chi connectivity index (χ2n) is 7.66. The van der Waals surface area contributed by atoms with Gasteiger partial charge >= 0.3 is 6.61 Å². The Morgan fingerprint density at radius 3 is 2.58 bits per heavy atom. The first-order chi connectivity index (χ1) is 14.9. The van der Waals surface area contributed by atoms with E-state index in [1.807, 2.05) is 43.3 Å². The van der Waals surface area contributed by atoms with Gasteiger partial charge in [-0.15, -0.1) is 0 Å². The zero-order valence-corrected chi connectivity index (χ0v) is 17.8. The Balaban J connectivity index is 1.75. The molecule has 3 rings (SSSR count). The molecule has 1 aliphatic heterocycles. The number of hydrogen-bond donors (Lipinski definition) is 0. The quantitative estimate of drug-likeness (QED) is 0.547. The predicted molar refractivity (Wildman–Crippen MR) is 117 cm³/mol. The van der Waals surface area contributed by atoms with Crippen molar-refractivity contribution in [3.05, 3.63) is 65.7 Å². The number of para-hydroxylation sites is 1. The van der Waals surface area contributed by atoms with E-state index >= 15 is 0 Å².